The fraction of sp³-hybridized carbons (Fsp3) is 0.370. The third-order valence-electron chi connectivity index (χ3n) is 6.63. The van der Waals surface area contributed by atoms with Crippen molar-refractivity contribution in [2.24, 2.45) is 0 Å². The smallest absolute Gasteiger partial charge is 0.251 e. The molecule has 2 amide bonds. The van der Waals surface area contributed by atoms with Gasteiger partial charge in [0.1, 0.15) is 5.82 Å². The first kappa shape index (κ1) is 22.3. The Balaban J connectivity index is 1.29. The van der Waals surface area contributed by atoms with Crippen molar-refractivity contribution in [3.63, 3.8) is 0 Å². The summed E-state index contributed by atoms with van der Waals surface area (Å²) in [6.45, 7) is 4.37. The number of carbonyl (C=O) groups is 2. The molecular formula is C27H29FN4O2. The Morgan fingerprint density at radius 2 is 1.71 bits per heavy atom. The van der Waals surface area contributed by atoms with Crippen molar-refractivity contribution in [2.45, 2.75) is 64.6 Å². The van der Waals surface area contributed by atoms with Gasteiger partial charge in [-0.25, -0.2) is 9.07 Å². The molecule has 7 heteroatoms. The number of rotatable bonds is 8. The number of nitrogens with one attached hydrogen (secondary N) is 1. The first-order valence-electron chi connectivity index (χ1n) is 11.9. The van der Waals surface area contributed by atoms with E-state index in [2.05, 4.69) is 10.4 Å². The van der Waals surface area contributed by atoms with E-state index < -0.39 is 0 Å². The lowest BCUT2D eigenvalue weighted by Gasteiger charge is -2.23. The SMILES string of the molecule is Cc1nn(-c2ccc(F)cc2)c(C)c1CC(=O)N(Cc1ccc(C(=O)NC2CC2)cc1)C1CC1. The Hall–Kier alpha value is -3.48. The standard InChI is InChI=1S/C27H29FN4O2/c1-17-25(18(2)32(30-17)24-11-7-21(28)8-12-24)15-26(33)31(23-13-14-23)16-19-3-5-20(6-4-19)27(34)29-22-9-10-22/h3-8,11-12,22-23H,9-10,13-16H2,1-2H3,(H,29,34). The molecule has 2 saturated carbocycles. The van der Waals surface area contributed by atoms with Crippen LogP contribution < -0.4 is 5.32 Å². The summed E-state index contributed by atoms with van der Waals surface area (Å²) in [5, 5.41) is 7.60. The molecule has 0 saturated heterocycles. The van der Waals surface area contributed by atoms with Crippen LogP contribution in [0.4, 0.5) is 4.39 Å². The molecule has 5 rings (SSSR count). The van der Waals surface area contributed by atoms with Crippen LogP contribution in [0.2, 0.25) is 0 Å². The number of hydrogen-bond acceptors (Lipinski definition) is 3. The normalized spacial score (nSPS) is 15.3. The molecule has 1 aromatic heterocycles. The predicted molar refractivity (Wildman–Crippen MR) is 127 cm³/mol. The van der Waals surface area contributed by atoms with E-state index in [0.717, 1.165) is 53.9 Å². The zero-order chi connectivity index (χ0) is 23.8. The Bertz CT molecular complexity index is 1210. The van der Waals surface area contributed by atoms with Gasteiger partial charge in [-0.2, -0.15) is 5.10 Å². The monoisotopic (exact) mass is 460 g/mol. The van der Waals surface area contributed by atoms with Gasteiger partial charge >= 0.3 is 0 Å². The van der Waals surface area contributed by atoms with E-state index in [1.165, 1.54) is 12.1 Å². The fourth-order valence-corrected chi connectivity index (χ4v) is 4.28. The van der Waals surface area contributed by atoms with Crippen LogP contribution in [0.5, 0.6) is 0 Å². The van der Waals surface area contributed by atoms with Crippen LogP contribution in [0.15, 0.2) is 48.5 Å². The third kappa shape index (κ3) is 4.88. The topological polar surface area (TPSA) is 67.2 Å². The summed E-state index contributed by atoms with van der Waals surface area (Å²) < 4.78 is 15.1. The highest BCUT2D eigenvalue weighted by Gasteiger charge is 2.33. The van der Waals surface area contributed by atoms with Crippen LogP contribution in [0.25, 0.3) is 5.69 Å². The maximum absolute atomic E-state index is 13.4. The van der Waals surface area contributed by atoms with Crippen molar-refractivity contribution in [3.05, 3.63) is 82.4 Å². The Labute approximate surface area is 198 Å². The lowest BCUT2D eigenvalue weighted by Crippen LogP contribution is -2.34. The van der Waals surface area contributed by atoms with Gasteiger partial charge < -0.3 is 10.2 Å². The highest BCUT2D eigenvalue weighted by atomic mass is 19.1. The average molecular weight is 461 g/mol. The summed E-state index contributed by atoms with van der Waals surface area (Å²) in [5.74, 6) is -0.256. The average Bonchev–Trinajstić information content (AvgIpc) is 3.75. The molecule has 34 heavy (non-hydrogen) atoms. The first-order valence-corrected chi connectivity index (χ1v) is 11.9. The fourth-order valence-electron chi connectivity index (χ4n) is 4.28. The highest BCUT2D eigenvalue weighted by molar-refractivity contribution is 5.94. The summed E-state index contributed by atoms with van der Waals surface area (Å²) in [6, 6.07) is 14.3. The number of nitrogens with zero attached hydrogens (tertiary/aromatic N) is 3. The molecule has 0 atom stereocenters. The van der Waals surface area contributed by atoms with Crippen LogP contribution in [-0.2, 0) is 17.8 Å². The molecule has 0 spiro atoms. The number of benzene rings is 2. The van der Waals surface area contributed by atoms with Crippen molar-refractivity contribution >= 4 is 11.8 Å². The lowest BCUT2D eigenvalue weighted by molar-refractivity contribution is -0.131. The van der Waals surface area contributed by atoms with Gasteiger partial charge in [-0.1, -0.05) is 12.1 Å². The van der Waals surface area contributed by atoms with E-state index in [1.54, 1.807) is 16.8 Å². The number of aromatic nitrogens is 2. The summed E-state index contributed by atoms with van der Waals surface area (Å²) >= 11 is 0. The van der Waals surface area contributed by atoms with Gasteiger partial charge in [0.25, 0.3) is 5.91 Å². The summed E-state index contributed by atoms with van der Waals surface area (Å²) in [6.07, 6.45) is 4.42. The summed E-state index contributed by atoms with van der Waals surface area (Å²) in [4.78, 5) is 27.6. The minimum Gasteiger partial charge on any atom is -0.349 e. The van der Waals surface area contributed by atoms with Gasteiger partial charge in [0.2, 0.25) is 5.91 Å². The molecule has 176 valence electrons. The number of amides is 2. The maximum atomic E-state index is 13.4. The quantitative estimate of drug-likeness (QED) is 0.546. The van der Waals surface area contributed by atoms with Crippen LogP contribution in [-0.4, -0.2) is 38.6 Å². The van der Waals surface area contributed by atoms with Crippen LogP contribution in [0, 0.1) is 19.7 Å². The van der Waals surface area contributed by atoms with Crippen LogP contribution in [0.3, 0.4) is 0 Å². The molecule has 0 unspecified atom stereocenters. The molecule has 2 fully saturated rings. The second-order valence-electron chi connectivity index (χ2n) is 9.41. The minimum atomic E-state index is -0.294. The number of aryl methyl sites for hydroxylation is 1. The molecule has 2 aliphatic carbocycles. The Morgan fingerprint density at radius 3 is 2.32 bits per heavy atom. The molecule has 0 radical (unpaired) electrons. The molecule has 0 bridgehead atoms. The van der Waals surface area contributed by atoms with Crippen molar-refractivity contribution in [3.8, 4) is 5.69 Å². The van der Waals surface area contributed by atoms with E-state index in [0.29, 0.717) is 18.2 Å². The Morgan fingerprint density at radius 1 is 1.03 bits per heavy atom. The minimum absolute atomic E-state index is 0.0340. The zero-order valence-corrected chi connectivity index (χ0v) is 19.6. The van der Waals surface area contributed by atoms with E-state index >= 15 is 0 Å². The second kappa shape index (κ2) is 9.05. The van der Waals surface area contributed by atoms with Crippen LogP contribution in [0.1, 0.15) is 58.6 Å². The van der Waals surface area contributed by atoms with Crippen molar-refractivity contribution in [1.29, 1.82) is 0 Å². The number of halogens is 1. The lowest BCUT2D eigenvalue weighted by atomic mass is 10.1. The molecule has 1 N–H and O–H groups in total. The maximum Gasteiger partial charge on any atom is 0.251 e. The van der Waals surface area contributed by atoms with Gasteiger partial charge in [0, 0.05) is 35.4 Å². The summed E-state index contributed by atoms with van der Waals surface area (Å²) in [7, 11) is 0. The predicted octanol–water partition coefficient (Wildman–Crippen LogP) is 4.25. The van der Waals surface area contributed by atoms with E-state index in [-0.39, 0.29) is 30.1 Å². The van der Waals surface area contributed by atoms with Gasteiger partial charge in [-0.15, -0.1) is 0 Å². The molecule has 3 aromatic rings. The van der Waals surface area contributed by atoms with E-state index in [9.17, 15) is 14.0 Å². The molecular weight excluding hydrogens is 431 g/mol. The van der Waals surface area contributed by atoms with Gasteiger partial charge in [-0.05, 0) is 81.5 Å². The largest absolute Gasteiger partial charge is 0.349 e. The van der Waals surface area contributed by atoms with Crippen molar-refractivity contribution in [1.82, 2.24) is 20.0 Å². The molecule has 2 aliphatic rings. The van der Waals surface area contributed by atoms with Crippen molar-refractivity contribution < 1.29 is 14.0 Å². The Kier molecular flexibility index (Phi) is 5.94. The molecule has 6 nitrogen and oxygen atoms in total. The zero-order valence-electron chi connectivity index (χ0n) is 19.6. The molecule has 0 aliphatic heterocycles. The van der Waals surface area contributed by atoms with Gasteiger partial charge in [0.15, 0.2) is 0 Å². The van der Waals surface area contributed by atoms with E-state index in [4.69, 9.17) is 0 Å². The van der Waals surface area contributed by atoms with Gasteiger partial charge in [0.05, 0.1) is 17.8 Å². The third-order valence-corrected chi connectivity index (χ3v) is 6.63. The highest BCUT2D eigenvalue weighted by Crippen LogP contribution is 2.30. The molecule has 2 aromatic carbocycles. The van der Waals surface area contributed by atoms with Crippen LogP contribution >= 0.6 is 0 Å². The summed E-state index contributed by atoms with van der Waals surface area (Å²) in [5.41, 5.74) is 5.03. The number of carbonyl (C=O) groups excluding carboxylic acids is 2. The second-order valence-corrected chi connectivity index (χ2v) is 9.41. The van der Waals surface area contributed by atoms with Gasteiger partial charge in [-0.3, -0.25) is 9.59 Å². The van der Waals surface area contributed by atoms with E-state index in [1.807, 2.05) is 43.0 Å². The number of hydrogen-bond donors (Lipinski definition) is 1. The molecule has 1 heterocycles. The van der Waals surface area contributed by atoms with Crippen molar-refractivity contribution in [2.75, 3.05) is 0 Å². The first-order chi connectivity index (χ1) is 16.4.